The number of carbonyl (C=O) groups excluding carboxylic acids is 3. The number of sulfonamides is 1. The Bertz CT molecular complexity index is 1380. The molecule has 1 aliphatic carbocycles. The number of carbonyl (C=O) groups is 3. The molecule has 3 rings (SSSR count). The SMILES string of the molecule is CC/C=C\C(=C1\C=CC=CC1)S(=O)(=O)NC(CNC(=O)c1ccc(CCC(=O)NC2=NCCCN2)cc1)C(=O)OCC. The van der Waals surface area contributed by atoms with E-state index in [4.69, 9.17) is 4.74 Å². The smallest absolute Gasteiger partial charge is 0.326 e. The lowest BCUT2D eigenvalue weighted by Gasteiger charge is -2.20. The van der Waals surface area contributed by atoms with Crippen LogP contribution in [0.5, 0.6) is 0 Å². The van der Waals surface area contributed by atoms with E-state index in [0.29, 0.717) is 42.9 Å². The van der Waals surface area contributed by atoms with Crippen LogP contribution in [0.4, 0.5) is 0 Å². The van der Waals surface area contributed by atoms with Gasteiger partial charge in [-0.05, 0) is 62.0 Å². The number of nitrogens with one attached hydrogen (secondary N) is 4. The van der Waals surface area contributed by atoms with E-state index < -0.39 is 27.9 Å². The summed E-state index contributed by atoms with van der Waals surface area (Å²) in [6, 6.07) is 5.37. The topological polar surface area (TPSA) is 155 Å². The van der Waals surface area contributed by atoms with Gasteiger partial charge in [-0.3, -0.25) is 24.7 Å². The van der Waals surface area contributed by atoms with Crippen LogP contribution in [0.2, 0.25) is 0 Å². The number of aryl methyl sites for hydroxylation is 1. The first-order valence-corrected chi connectivity index (χ1v) is 15.6. The first kappa shape index (κ1) is 32.5. The number of benzene rings is 1. The predicted molar refractivity (Wildman–Crippen MR) is 162 cm³/mol. The van der Waals surface area contributed by atoms with Crippen molar-refractivity contribution in [3.05, 3.63) is 82.3 Å². The third-order valence-electron chi connectivity index (χ3n) is 6.34. The first-order valence-electron chi connectivity index (χ1n) is 14.1. The van der Waals surface area contributed by atoms with Gasteiger partial charge in [0.2, 0.25) is 15.9 Å². The summed E-state index contributed by atoms with van der Waals surface area (Å²) in [5.41, 5.74) is 1.77. The Morgan fingerprint density at radius 1 is 1.14 bits per heavy atom. The van der Waals surface area contributed by atoms with E-state index in [-0.39, 0.29) is 30.4 Å². The highest BCUT2D eigenvalue weighted by Gasteiger charge is 2.29. The van der Waals surface area contributed by atoms with E-state index in [1.807, 2.05) is 19.1 Å². The van der Waals surface area contributed by atoms with Gasteiger partial charge in [0.1, 0.15) is 6.04 Å². The molecule has 2 aliphatic rings. The molecule has 1 atom stereocenters. The molecule has 226 valence electrons. The molecule has 42 heavy (non-hydrogen) atoms. The molecule has 0 fully saturated rings. The van der Waals surface area contributed by atoms with Crippen LogP contribution in [0.1, 0.15) is 55.5 Å². The van der Waals surface area contributed by atoms with Gasteiger partial charge in [0.15, 0.2) is 5.96 Å². The minimum Gasteiger partial charge on any atom is -0.465 e. The summed E-state index contributed by atoms with van der Waals surface area (Å²) >= 11 is 0. The zero-order chi connectivity index (χ0) is 30.4. The number of hydrogen-bond acceptors (Lipinski definition) is 8. The quantitative estimate of drug-likeness (QED) is 0.255. The van der Waals surface area contributed by atoms with Gasteiger partial charge >= 0.3 is 5.97 Å². The lowest BCUT2D eigenvalue weighted by Crippen LogP contribution is -2.49. The Kier molecular flexibility index (Phi) is 12.7. The number of ether oxygens (including phenoxy) is 1. The van der Waals surface area contributed by atoms with Gasteiger partial charge in [0, 0.05) is 31.6 Å². The van der Waals surface area contributed by atoms with Gasteiger partial charge in [-0.1, -0.05) is 49.4 Å². The fourth-order valence-corrected chi connectivity index (χ4v) is 5.60. The maximum atomic E-state index is 13.4. The number of allylic oxidation sites excluding steroid dienone is 7. The molecular formula is C30H39N5O6S. The van der Waals surface area contributed by atoms with Crippen LogP contribution < -0.4 is 20.7 Å². The van der Waals surface area contributed by atoms with E-state index in [2.05, 4.69) is 25.7 Å². The minimum atomic E-state index is -4.14. The second-order valence-corrected chi connectivity index (χ2v) is 11.3. The maximum absolute atomic E-state index is 13.4. The number of guanidine groups is 1. The monoisotopic (exact) mass is 597 g/mol. The zero-order valence-corrected chi connectivity index (χ0v) is 24.8. The Labute approximate surface area is 247 Å². The van der Waals surface area contributed by atoms with Crippen molar-refractivity contribution in [2.24, 2.45) is 4.99 Å². The second kappa shape index (κ2) is 16.4. The fraction of sp³-hybridized carbons (Fsp3) is 0.400. The van der Waals surface area contributed by atoms with Crippen LogP contribution in [0.25, 0.3) is 0 Å². The van der Waals surface area contributed by atoms with E-state index in [9.17, 15) is 22.8 Å². The van der Waals surface area contributed by atoms with E-state index in [1.54, 1.807) is 49.4 Å². The molecule has 0 aromatic heterocycles. The van der Waals surface area contributed by atoms with Crippen molar-refractivity contribution in [3.63, 3.8) is 0 Å². The number of nitrogens with zero attached hydrogens (tertiary/aromatic N) is 1. The van der Waals surface area contributed by atoms with Crippen molar-refractivity contribution in [2.45, 2.75) is 52.0 Å². The number of hydrogen-bond donors (Lipinski definition) is 4. The standard InChI is InChI=1S/C30H39N5O6S/c1-3-5-12-26(23-10-7-6-8-11-23)42(39,40)35-25(29(38)41-4-2)21-33-28(37)24-16-13-22(14-17-24)15-18-27(36)34-30-31-19-9-20-32-30/h5-8,10,12-14,16-17,25,35H,3-4,9,11,15,18-21H2,1-2H3,(H,33,37)(H2,31,32,34,36)/b12-5-,26-23+. The van der Waals surface area contributed by atoms with Crippen LogP contribution in [0.3, 0.4) is 0 Å². The fourth-order valence-electron chi connectivity index (χ4n) is 4.15. The molecule has 0 radical (unpaired) electrons. The van der Waals surface area contributed by atoms with Crippen molar-refractivity contribution in [1.29, 1.82) is 0 Å². The molecule has 0 saturated carbocycles. The zero-order valence-electron chi connectivity index (χ0n) is 24.0. The molecule has 1 aliphatic heterocycles. The molecule has 12 heteroatoms. The maximum Gasteiger partial charge on any atom is 0.326 e. The number of aliphatic imine (C=N–C) groups is 1. The minimum absolute atomic E-state index is 0.0479. The largest absolute Gasteiger partial charge is 0.465 e. The van der Waals surface area contributed by atoms with Crippen molar-refractivity contribution in [1.82, 2.24) is 20.7 Å². The van der Waals surface area contributed by atoms with Gasteiger partial charge in [0.25, 0.3) is 5.91 Å². The summed E-state index contributed by atoms with van der Waals surface area (Å²) in [6.45, 7) is 4.70. The predicted octanol–water partition coefficient (Wildman–Crippen LogP) is 2.40. The normalized spacial score (nSPS) is 16.8. The van der Waals surface area contributed by atoms with Crippen LogP contribution >= 0.6 is 0 Å². The molecule has 0 saturated heterocycles. The summed E-state index contributed by atoms with van der Waals surface area (Å²) in [6.07, 6.45) is 13.1. The lowest BCUT2D eigenvalue weighted by atomic mass is 10.1. The van der Waals surface area contributed by atoms with Gasteiger partial charge in [0.05, 0.1) is 11.5 Å². The summed E-state index contributed by atoms with van der Waals surface area (Å²) < 4.78 is 34.3. The average molecular weight is 598 g/mol. The van der Waals surface area contributed by atoms with Crippen LogP contribution in [-0.4, -0.2) is 64.4 Å². The highest BCUT2D eigenvalue weighted by atomic mass is 32.2. The summed E-state index contributed by atoms with van der Waals surface area (Å²) in [4.78, 5) is 42.0. The Morgan fingerprint density at radius 3 is 2.57 bits per heavy atom. The van der Waals surface area contributed by atoms with Gasteiger partial charge in [-0.15, -0.1) is 0 Å². The number of amides is 2. The molecule has 1 unspecified atom stereocenters. The summed E-state index contributed by atoms with van der Waals surface area (Å²) in [5.74, 6) is -0.946. The van der Waals surface area contributed by atoms with Crippen molar-refractivity contribution < 1.29 is 27.5 Å². The molecule has 1 aromatic carbocycles. The highest BCUT2D eigenvalue weighted by molar-refractivity contribution is 7.93. The molecule has 0 spiro atoms. The first-order chi connectivity index (χ1) is 20.2. The Balaban J connectivity index is 1.62. The number of esters is 1. The van der Waals surface area contributed by atoms with Crippen molar-refractivity contribution in [3.8, 4) is 0 Å². The average Bonchev–Trinajstić information content (AvgIpc) is 2.99. The van der Waals surface area contributed by atoms with E-state index >= 15 is 0 Å². The van der Waals surface area contributed by atoms with Gasteiger partial charge < -0.3 is 15.4 Å². The summed E-state index contributed by atoms with van der Waals surface area (Å²) in [5, 5.41) is 8.42. The third-order valence-corrected chi connectivity index (χ3v) is 7.91. The Morgan fingerprint density at radius 2 is 1.93 bits per heavy atom. The third kappa shape index (κ3) is 10.1. The second-order valence-electron chi connectivity index (χ2n) is 9.58. The van der Waals surface area contributed by atoms with E-state index in [0.717, 1.165) is 18.5 Å². The van der Waals surface area contributed by atoms with E-state index in [1.165, 1.54) is 6.08 Å². The molecule has 4 N–H and O–H groups in total. The molecule has 2 amide bonds. The van der Waals surface area contributed by atoms with Gasteiger partial charge in [-0.25, -0.2) is 8.42 Å². The summed E-state index contributed by atoms with van der Waals surface area (Å²) in [7, 11) is -4.14. The molecule has 11 nitrogen and oxygen atoms in total. The van der Waals surface area contributed by atoms with Crippen molar-refractivity contribution >= 4 is 33.8 Å². The van der Waals surface area contributed by atoms with Crippen LogP contribution in [-0.2, 0) is 30.8 Å². The number of rotatable bonds is 13. The molecule has 1 heterocycles. The van der Waals surface area contributed by atoms with Crippen molar-refractivity contribution in [2.75, 3.05) is 26.2 Å². The molecular weight excluding hydrogens is 558 g/mol. The molecule has 1 aromatic rings. The lowest BCUT2D eigenvalue weighted by molar-refractivity contribution is -0.144. The highest BCUT2D eigenvalue weighted by Crippen LogP contribution is 2.21. The Hall–Kier alpha value is -4.03. The van der Waals surface area contributed by atoms with Crippen LogP contribution in [0, 0.1) is 0 Å². The molecule has 0 bridgehead atoms. The van der Waals surface area contributed by atoms with Crippen LogP contribution in [0.15, 0.2) is 76.2 Å². The van der Waals surface area contributed by atoms with Gasteiger partial charge in [-0.2, -0.15) is 4.72 Å².